The van der Waals surface area contributed by atoms with E-state index in [1.165, 1.54) is 95.5 Å². The van der Waals surface area contributed by atoms with Gasteiger partial charge in [0.15, 0.2) is 0 Å². The molecule has 1 aromatic rings. The quantitative estimate of drug-likeness (QED) is 0.129. The minimum atomic E-state index is -0.0430. The largest absolute Gasteiger partial charge is 0.490 e. The summed E-state index contributed by atoms with van der Waals surface area (Å²) >= 11 is 0. The summed E-state index contributed by atoms with van der Waals surface area (Å²) in [6, 6.07) is 8.51. The molecule has 0 N–H and O–H groups in total. The van der Waals surface area contributed by atoms with Gasteiger partial charge in [-0.2, -0.15) is 0 Å². The number of ether oxygens (including phenoxy) is 2. The molecule has 0 saturated carbocycles. The number of allylic oxidation sites excluding steroid dienone is 2. The number of aryl methyl sites for hydroxylation is 1. The fourth-order valence-electron chi connectivity index (χ4n) is 3.86. The molecule has 30 heavy (non-hydrogen) atoms. The monoisotopic (exact) mass is 414 g/mol. The molecule has 0 aromatic heterocycles. The van der Waals surface area contributed by atoms with Crippen molar-refractivity contribution in [2.24, 2.45) is 0 Å². The van der Waals surface area contributed by atoms with Gasteiger partial charge in [0.1, 0.15) is 18.0 Å². The van der Waals surface area contributed by atoms with Crippen LogP contribution in [0.2, 0.25) is 0 Å². The number of unbranched alkanes of at least 4 members (excludes halogenated alkanes) is 12. The van der Waals surface area contributed by atoms with Crippen molar-refractivity contribution >= 4 is 0 Å². The molecule has 2 heteroatoms. The van der Waals surface area contributed by atoms with Gasteiger partial charge in [-0.05, 0) is 50.7 Å². The highest BCUT2D eigenvalue weighted by Gasteiger charge is 2.40. The first-order chi connectivity index (χ1) is 14.7. The van der Waals surface area contributed by atoms with Gasteiger partial charge in [-0.1, -0.05) is 101 Å². The first kappa shape index (κ1) is 25.0. The molecule has 1 fully saturated rings. The van der Waals surface area contributed by atoms with Crippen LogP contribution >= 0.6 is 0 Å². The van der Waals surface area contributed by atoms with Crippen molar-refractivity contribution in [2.45, 2.75) is 116 Å². The van der Waals surface area contributed by atoms with E-state index < -0.39 is 0 Å². The van der Waals surface area contributed by atoms with E-state index in [9.17, 15) is 0 Å². The number of para-hydroxylation sites is 1. The van der Waals surface area contributed by atoms with Crippen LogP contribution in [0.3, 0.4) is 0 Å². The molecule has 1 aliphatic rings. The third-order valence-electron chi connectivity index (χ3n) is 6.08. The zero-order valence-corrected chi connectivity index (χ0v) is 19.8. The van der Waals surface area contributed by atoms with Gasteiger partial charge in [-0.25, -0.2) is 0 Å². The predicted octanol–water partition coefficient (Wildman–Crippen LogP) is 8.43. The van der Waals surface area contributed by atoms with E-state index in [1.807, 2.05) is 0 Å². The van der Waals surface area contributed by atoms with Gasteiger partial charge in [0, 0.05) is 0 Å². The van der Waals surface area contributed by atoms with Gasteiger partial charge in [0.2, 0.25) is 0 Å². The fourth-order valence-corrected chi connectivity index (χ4v) is 3.86. The van der Waals surface area contributed by atoms with Crippen molar-refractivity contribution in [3.8, 4) is 5.75 Å². The topological polar surface area (TPSA) is 21.8 Å². The van der Waals surface area contributed by atoms with Gasteiger partial charge >= 0.3 is 0 Å². The SMILES string of the molecule is CCC/C=C/CCCCCCCCCCCCCc1ccccc1OCC1(C)CO1. The fraction of sp³-hybridized carbons (Fsp3) is 0.714. The van der Waals surface area contributed by atoms with E-state index in [0.29, 0.717) is 6.61 Å². The lowest BCUT2D eigenvalue weighted by molar-refractivity contribution is 0.201. The Balaban J connectivity index is 1.38. The van der Waals surface area contributed by atoms with Crippen LogP contribution in [-0.2, 0) is 11.2 Å². The molecule has 0 bridgehead atoms. The highest BCUT2D eigenvalue weighted by Crippen LogP contribution is 2.28. The number of epoxide rings is 1. The summed E-state index contributed by atoms with van der Waals surface area (Å²) in [6.45, 7) is 5.85. The third-order valence-corrected chi connectivity index (χ3v) is 6.08. The second-order valence-electron chi connectivity index (χ2n) is 9.32. The number of hydrogen-bond acceptors (Lipinski definition) is 2. The molecule has 0 radical (unpaired) electrons. The zero-order chi connectivity index (χ0) is 21.3. The lowest BCUT2D eigenvalue weighted by atomic mass is 10.0. The van der Waals surface area contributed by atoms with Crippen LogP contribution in [0.4, 0.5) is 0 Å². The Morgan fingerprint density at radius 2 is 1.40 bits per heavy atom. The number of benzene rings is 1. The summed E-state index contributed by atoms with van der Waals surface area (Å²) in [5, 5.41) is 0. The first-order valence-electron chi connectivity index (χ1n) is 12.7. The molecule has 0 amide bonds. The van der Waals surface area contributed by atoms with Gasteiger partial charge in [-0.15, -0.1) is 0 Å². The van der Waals surface area contributed by atoms with Crippen molar-refractivity contribution in [3.05, 3.63) is 42.0 Å². The minimum Gasteiger partial charge on any atom is -0.490 e. The molecule has 0 spiro atoms. The lowest BCUT2D eigenvalue weighted by Gasteiger charge is -2.13. The number of rotatable bonds is 19. The molecule has 1 saturated heterocycles. The summed E-state index contributed by atoms with van der Waals surface area (Å²) in [4.78, 5) is 0. The Morgan fingerprint density at radius 1 is 0.833 bits per heavy atom. The standard InChI is InChI=1S/C28H46O2/c1-3-4-5-6-7-8-9-10-11-12-13-14-15-16-17-18-21-26-22-19-20-23-27(26)29-24-28(2)25-30-28/h5-6,19-20,22-23H,3-4,7-18,21,24-25H2,1-2H3/b6-5+. The van der Waals surface area contributed by atoms with E-state index >= 15 is 0 Å². The molecule has 1 heterocycles. The Morgan fingerprint density at radius 3 is 2.03 bits per heavy atom. The first-order valence-corrected chi connectivity index (χ1v) is 12.7. The highest BCUT2D eigenvalue weighted by molar-refractivity contribution is 5.33. The van der Waals surface area contributed by atoms with Crippen LogP contribution in [-0.4, -0.2) is 18.8 Å². The van der Waals surface area contributed by atoms with Crippen molar-refractivity contribution in [1.29, 1.82) is 0 Å². The van der Waals surface area contributed by atoms with E-state index in [1.54, 1.807) is 0 Å². The van der Waals surface area contributed by atoms with Gasteiger partial charge < -0.3 is 9.47 Å². The van der Waals surface area contributed by atoms with Gasteiger partial charge in [0.05, 0.1) is 6.61 Å². The van der Waals surface area contributed by atoms with Crippen LogP contribution in [0.5, 0.6) is 5.75 Å². The van der Waals surface area contributed by atoms with E-state index in [-0.39, 0.29) is 5.60 Å². The van der Waals surface area contributed by atoms with E-state index in [2.05, 4.69) is 50.3 Å². The lowest BCUT2D eigenvalue weighted by Crippen LogP contribution is -2.17. The Labute approximate surface area is 186 Å². The zero-order valence-electron chi connectivity index (χ0n) is 19.8. The summed E-state index contributed by atoms with van der Waals surface area (Å²) in [6.07, 6.45) is 24.9. The molecular weight excluding hydrogens is 368 g/mol. The van der Waals surface area contributed by atoms with Crippen LogP contribution in [0.25, 0.3) is 0 Å². The minimum absolute atomic E-state index is 0.0430. The molecule has 1 aliphatic heterocycles. The van der Waals surface area contributed by atoms with Crippen LogP contribution in [0, 0.1) is 0 Å². The molecule has 1 atom stereocenters. The maximum Gasteiger partial charge on any atom is 0.123 e. The van der Waals surface area contributed by atoms with Gasteiger partial charge in [0.25, 0.3) is 0 Å². The average molecular weight is 415 g/mol. The van der Waals surface area contributed by atoms with Crippen molar-refractivity contribution in [1.82, 2.24) is 0 Å². The normalized spacial score (nSPS) is 18.2. The summed E-state index contributed by atoms with van der Waals surface area (Å²) in [7, 11) is 0. The Hall–Kier alpha value is -1.28. The van der Waals surface area contributed by atoms with Gasteiger partial charge in [-0.3, -0.25) is 0 Å². The Kier molecular flexibility index (Phi) is 12.9. The van der Waals surface area contributed by atoms with E-state index in [0.717, 1.165) is 18.8 Å². The maximum absolute atomic E-state index is 6.02. The van der Waals surface area contributed by atoms with Crippen molar-refractivity contribution in [3.63, 3.8) is 0 Å². The maximum atomic E-state index is 6.02. The molecule has 2 nitrogen and oxygen atoms in total. The molecule has 0 aliphatic carbocycles. The van der Waals surface area contributed by atoms with Crippen LogP contribution in [0.1, 0.15) is 109 Å². The summed E-state index contributed by atoms with van der Waals surface area (Å²) in [5.74, 6) is 1.05. The van der Waals surface area contributed by atoms with Crippen molar-refractivity contribution in [2.75, 3.05) is 13.2 Å². The molecular formula is C28H46O2. The molecule has 1 unspecified atom stereocenters. The molecule has 2 rings (SSSR count). The summed E-state index contributed by atoms with van der Waals surface area (Å²) in [5.41, 5.74) is 1.31. The van der Waals surface area contributed by atoms with E-state index in [4.69, 9.17) is 9.47 Å². The molecule has 170 valence electrons. The van der Waals surface area contributed by atoms with Crippen LogP contribution in [0.15, 0.2) is 36.4 Å². The second kappa shape index (κ2) is 15.5. The third kappa shape index (κ3) is 11.8. The Bertz CT molecular complexity index is 574. The highest BCUT2D eigenvalue weighted by atomic mass is 16.6. The summed E-state index contributed by atoms with van der Waals surface area (Å²) < 4.78 is 11.4. The number of hydrogen-bond donors (Lipinski definition) is 0. The average Bonchev–Trinajstić information content (AvgIpc) is 3.50. The smallest absolute Gasteiger partial charge is 0.123 e. The van der Waals surface area contributed by atoms with Crippen LogP contribution < -0.4 is 4.74 Å². The molecule has 1 aromatic carbocycles. The van der Waals surface area contributed by atoms with Crippen molar-refractivity contribution < 1.29 is 9.47 Å². The predicted molar refractivity (Wildman–Crippen MR) is 129 cm³/mol. The second-order valence-corrected chi connectivity index (χ2v) is 9.32.